The van der Waals surface area contributed by atoms with Gasteiger partial charge in [0.05, 0.1) is 25.9 Å². The quantitative estimate of drug-likeness (QED) is 0.320. The number of guanidine groups is 1. The molecule has 2 rings (SSSR count). The Morgan fingerprint density at radius 2 is 2.04 bits per heavy atom. The van der Waals surface area contributed by atoms with Gasteiger partial charge in [-0.2, -0.15) is 8.78 Å². The van der Waals surface area contributed by atoms with Gasteiger partial charge in [-0.05, 0) is 32.9 Å². The maximum absolute atomic E-state index is 12.7. The molecular formula is C18H25F2IN4O3. The molecule has 0 radical (unpaired) electrons. The van der Waals surface area contributed by atoms with Crippen LogP contribution < -0.4 is 20.1 Å². The third-order valence-corrected chi connectivity index (χ3v) is 3.72. The lowest BCUT2D eigenvalue weighted by Gasteiger charge is -2.13. The second-order valence-electron chi connectivity index (χ2n) is 5.65. The first-order valence-electron chi connectivity index (χ1n) is 8.49. The summed E-state index contributed by atoms with van der Waals surface area (Å²) in [5.41, 5.74) is 1.34. The van der Waals surface area contributed by atoms with E-state index in [1.165, 1.54) is 13.2 Å². The topological polar surface area (TPSA) is 80.9 Å². The minimum absolute atomic E-state index is 0. The van der Waals surface area contributed by atoms with Gasteiger partial charge in [0.25, 0.3) is 0 Å². The number of hydrogen-bond donors (Lipinski definition) is 2. The number of halogens is 3. The van der Waals surface area contributed by atoms with Crippen LogP contribution in [-0.4, -0.2) is 31.2 Å². The first-order valence-corrected chi connectivity index (χ1v) is 8.49. The Balaban J connectivity index is 0.00000392. The molecule has 2 aromatic rings. The highest BCUT2D eigenvalue weighted by Gasteiger charge is 2.12. The first kappa shape index (κ1) is 23.9. The molecule has 10 heteroatoms. The maximum atomic E-state index is 12.7. The average molecular weight is 510 g/mol. The lowest BCUT2D eigenvalue weighted by molar-refractivity contribution is -0.0505. The van der Waals surface area contributed by atoms with E-state index in [9.17, 15) is 8.78 Å². The summed E-state index contributed by atoms with van der Waals surface area (Å²) in [4.78, 5) is 8.71. The average Bonchev–Trinajstić information content (AvgIpc) is 2.95. The molecule has 0 aliphatic rings. The zero-order valence-corrected chi connectivity index (χ0v) is 18.5. The highest BCUT2D eigenvalue weighted by atomic mass is 127. The van der Waals surface area contributed by atoms with Crippen molar-refractivity contribution < 1.29 is 22.7 Å². The molecule has 7 nitrogen and oxygen atoms in total. The van der Waals surface area contributed by atoms with E-state index in [0.29, 0.717) is 36.3 Å². The summed E-state index contributed by atoms with van der Waals surface area (Å²) in [7, 11) is 1.46. The molecule has 1 aromatic heterocycles. The molecule has 0 saturated carbocycles. The summed E-state index contributed by atoms with van der Waals surface area (Å²) in [6, 6.07) is 4.72. The number of alkyl halides is 2. The van der Waals surface area contributed by atoms with Gasteiger partial charge in [-0.25, -0.2) is 9.98 Å². The molecule has 0 saturated heterocycles. The van der Waals surface area contributed by atoms with Gasteiger partial charge in [-0.15, -0.1) is 24.0 Å². The summed E-state index contributed by atoms with van der Waals surface area (Å²) in [6.45, 7) is 3.85. The number of rotatable bonds is 8. The van der Waals surface area contributed by atoms with E-state index in [4.69, 9.17) is 9.15 Å². The second kappa shape index (κ2) is 11.7. The highest BCUT2D eigenvalue weighted by molar-refractivity contribution is 14.0. The van der Waals surface area contributed by atoms with Gasteiger partial charge in [-0.3, -0.25) is 0 Å². The van der Waals surface area contributed by atoms with Crippen LogP contribution in [-0.2, 0) is 13.1 Å². The van der Waals surface area contributed by atoms with E-state index in [1.807, 2.05) is 20.8 Å². The Hall–Kier alpha value is -2.11. The fourth-order valence-electron chi connectivity index (χ4n) is 2.28. The number of methoxy groups -OCH3 is 1. The number of hydrogen-bond acceptors (Lipinski definition) is 5. The van der Waals surface area contributed by atoms with Gasteiger partial charge in [-0.1, -0.05) is 0 Å². The Kier molecular flexibility index (Phi) is 9.97. The fraction of sp³-hybridized carbons (Fsp3) is 0.444. The van der Waals surface area contributed by atoms with Crippen molar-refractivity contribution in [2.75, 3.05) is 13.7 Å². The van der Waals surface area contributed by atoms with Crippen molar-refractivity contribution in [3.8, 4) is 11.5 Å². The standard InChI is InChI=1S/C18H24F2N4O3.HI/c1-5-21-18(23-10-16-24-11(2)12(3)26-16)22-9-13-6-7-14(25-4)8-15(13)27-17(19)20;/h6-8,17H,5,9-10H2,1-4H3,(H2,21,22,23);1H. The Morgan fingerprint density at radius 3 is 2.61 bits per heavy atom. The van der Waals surface area contributed by atoms with E-state index >= 15 is 0 Å². The third kappa shape index (κ3) is 7.13. The number of nitrogens with one attached hydrogen (secondary N) is 2. The summed E-state index contributed by atoms with van der Waals surface area (Å²) in [5.74, 6) is 2.27. The van der Waals surface area contributed by atoms with Crippen LogP contribution in [0.15, 0.2) is 27.6 Å². The third-order valence-electron chi connectivity index (χ3n) is 3.72. The molecule has 28 heavy (non-hydrogen) atoms. The van der Waals surface area contributed by atoms with Crippen LogP contribution in [0, 0.1) is 13.8 Å². The first-order chi connectivity index (χ1) is 12.9. The molecule has 156 valence electrons. The van der Waals surface area contributed by atoms with Gasteiger partial charge in [0.1, 0.15) is 17.3 Å². The number of aromatic nitrogens is 1. The number of ether oxygens (including phenoxy) is 2. The summed E-state index contributed by atoms with van der Waals surface area (Å²) in [5, 5.41) is 6.18. The number of benzene rings is 1. The Morgan fingerprint density at radius 1 is 1.29 bits per heavy atom. The zero-order chi connectivity index (χ0) is 19.8. The zero-order valence-electron chi connectivity index (χ0n) is 16.2. The van der Waals surface area contributed by atoms with E-state index in [2.05, 4.69) is 25.3 Å². The molecule has 1 heterocycles. The minimum Gasteiger partial charge on any atom is -0.497 e. The smallest absolute Gasteiger partial charge is 0.387 e. The van der Waals surface area contributed by atoms with Crippen molar-refractivity contribution in [1.29, 1.82) is 0 Å². The SMILES string of the molecule is CCNC(=NCc1ccc(OC)cc1OC(F)F)NCc1nc(C)c(C)o1.I. The van der Waals surface area contributed by atoms with E-state index < -0.39 is 6.61 Å². The molecule has 0 spiro atoms. The van der Waals surface area contributed by atoms with Crippen LogP contribution >= 0.6 is 24.0 Å². The summed E-state index contributed by atoms with van der Waals surface area (Å²) < 4.78 is 40.5. The number of aryl methyl sites for hydroxylation is 2. The van der Waals surface area contributed by atoms with Crippen molar-refractivity contribution in [3.05, 3.63) is 41.1 Å². The van der Waals surface area contributed by atoms with Crippen LogP contribution in [0.25, 0.3) is 0 Å². The van der Waals surface area contributed by atoms with Gasteiger partial charge in [0, 0.05) is 18.2 Å². The number of nitrogens with zero attached hydrogens (tertiary/aromatic N) is 2. The molecule has 0 unspecified atom stereocenters. The summed E-state index contributed by atoms with van der Waals surface area (Å²) in [6.07, 6.45) is 0. The predicted octanol–water partition coefficient (Wildman–Crippen LogP) is 3.77. The summed E-state index contributed by atoms with van der Waals surface area (Å²) >= 11 is 0. The number of aliphatic imine (C=N–C) groups is 1. The number of oxazole rings is 1. The van der Waals surface area contributed by atoms with Crippen molar-refractivity contribution in [2.45, 2.75) is 40.5 Å². The van der Waals surface area contributed by atoms with Crippen molar-refractivity contribution in [3.63, 3.8) is 0 Å². The molecule has 2 N–H and O–H groups in total. The van der Waals surface area contributed by atoms with Crippen molar-refractivity contribution in [2.24, 2.45) is 4.99 Å². The van der Waals surface area contributed by atoms with Gasteiger partial charge < -0.3 is 24.5 Å². The molecule has 1 aromatic carbocycles. The monoisotopic (exact) mass is 510 g/mol. The Labute approximate surface area is 179 Å². The van der Waals surface area contributed by atoms with Crippen LogP contribution in [0.1, 0.15) is 29.8 Å². The molecular weight excluding hydrogens is 485 g/mol. The van der Waals surface area contributed by atoms with E-state index in [1.54, 1.807) is 12.1 Å². The Bertz CT molecular complexity index is 765. The van der Waals surface area contributed by atoms with Gasteiger partial charge in [0.15, 0.2) is 5.96 Å². The minimum atomic E-state index is -2.93. The van der Waals surface area contributed by atoms with Crippen molar-refractivity contribution >= 4 is 29.9 Å². The van der Waals surface area contributed by atoms with Crippen LogP contribution in [0.5, 0.6) is 11.5 Å². The molecule has 0 bridgehead atoms. The maximum Gasteiger partial charge on any atom is 0.387 e. The second-order valence-corrected chi connectivity index (χ2v) is 5.65. The van der Waals surface area contributed by atoms with Crippen LogP contribution in [0.3, 0.4) is 0 Å². The fourth-order valence-corrected chi connectivity index (χ4v) is 2.28. The van der Waals surface area contributed by atoms with Crippen molar-refractivity contribution in [1.82, 2.24) is 15.6 Å². The molecule has 0 aliphatic heterocycles. The van der Waals surface area contributed by atoms with E-state index in [-0.39, 0.29) is 36.3 Å². The molecule has 0 atom stereocenters. The molecule has 0 aliphatic carbocycles. The molecule has 0 amide bonds. The molecule has 0 fully saturated rings. The largest absolute Gasteiger partial charge is 0.497 e. The van der Waals surface area contributed by atoms with Gasteiger partial charge >= 0.3 is 6.61 Å². The highest BCUT2D eigenvalue weighted by Crippen LogP contribution is 2.27. The lowest BCUT2D eigenvalue weighted by atomic mass is 10.2. The predicted molar refractivity (Wildman–Crippen MR) is 113 cm³/mol. The van der Waals surface area contributed by atoms with Crippen LogP contribution in [0.2, 0.25) is 0 Å². The van der Waals surface area contributed by atoms with Crippen LogP contribution in [0.4, 0.5) is 8.78 Å². The lowest BCUT2D eigenvalue weighted by Crippen LogP contribution is -2.36. The van der Waals surface area contributed by atoms with Gasteiger partial charge in [0.2, 0.25) is 5.89 Å². The van der Waals surface area contributed by atoms with E-state index in [0.717, 1.165) is 11.5 Å². The normalized spacial score (nSPS) is 11.2.